The first-order valence-electron chi connectivity index (χ1n) is 5.08. The van der Waals surface area contributed by atoms with E-state index in [0.29, 0.717) is 0 Å². The maximum Gasteiger partial charge on any atom is 0.264 e. The van der Waals surface area contributed by atoms with Crippen LogP contribution in [-0.2, 0) is 20.7 Å². The average molecular weight is 305 g/mol. The van der Waals surface area contributed by atoms with Crippen molar-refractivity contribution in [1.29, 1.82) is 0 Å². The third kappa shape index (κ3) is 2.84. The molecule has 1 aliphatic carbocycles. The lowest BCUT2D eigenvalue weighted by Crippen LogP contribution is -2.10. The van der Waals surface area contributed by atoms with E-state index in [-0.39, 0.29) is 12.5 Å². The molecule has 2 rings (SSSR count). The Hall–Kier alpha value is -0.390. The van der Waals surface area contributed by atoms with Gasteiger partial charge in [-0.2, -0.15) is 8.42 Å². The predicted molar refractivity (Wildman–Crippen MR) is 66.0 cm³/mol. The monoisotopic (exact) mass is 304 g/mol. The lowest BCUT2D eigenvalue weighted by Gasteiger charge is -2.10. The minimum absolute atomic E-state index is 0.206. The second kappa shape index (κ2) is 4.47. The van der Waals surface area contributed by atoms with Crippen LogP contribution >= 0.6 is 15.9 Å². The van der Waals surface area contributed by atoms with E-state index in [2.05, 4.69) is 22.0 Å². The Morgan fingerprint density at radius 2 is 2.25 bits per heavy atom. The zero-order chi connectivity index (χ0) is 11.8. The van der Waals surface area contributed by atoms with Crippen molar-refractivity contribution >= 4 is 26.0 Å². The third-order valence-corrected chi connectivity index (χ3v) is 3.85. The van der Waals surface area contributed by atoms with Crippen molar-refractivity contribution in [2.75, 3.05) is 12.9 Å². The van der Waals surface area contributed by atoms with Crippen LogP contribution in [0, 0.1) is 0 Å². The molecular formula is C11H13BrO3S. The highest BCUT2D eigenvalue weighted by Crippen LogP contribution is 2.34. The van der Waals surface area contributed by atoms with Crippen LogP contribution in [-0.4, -0.2) is 21.3 Å². The topological polar surface area (TPSA) is 43.4 Å². The van der Waals surface area contributed by atoms with Gasteiger partial charge in [0, 0.05) is 10.4 Å². The van der Waals surface area contributed by atoms with Gasteiger partial charge in [0.05, 0.1) is 12.9 Å². The summed E-state index contributed by atoms with van der Waals surface area (Å²) in [6.07, 6.45) is 3.04. The molecule has 0 fully saturated rings. The van der Waals surface area contributed by atoms with Crippen molar-refractivity contribution in [1.82, 2.24) is 0 Å². The van der Waals surface area contributed by atoms with Gasteiger partial charge in [0.1, 0.15) is 0 Å². The first-order valence-corrected chi connectivity index (χ1v) is 7.69. The highest BCUT2D eigenvalue weighted by Gasteiger charge is 2.23. The van der Waals surface area contributed by atoms with Crippen LogP contribution in [0.2, 0.25) is 0 Å². The average Bonchev–Trinajstić information content (AvgIpc) is 2.56. The minimum Gasteiger partial charge on any atom is -0.270 e. The van der Waals surface area contributed by atoms with Crippen molar-refractivity contribution in [3.63, 3.8) is 0 Å². The molecule has 16 heavy (non-hydrogen) atoms. The van der Waals surface area contributed by atoms with Crippen LogP contribution in [0.15, 0.2) is 22.7 Å². The number of halogens is 1. The Labute approximate surface area is 104 Å². The molecule has 5 heteroatoms. The minimum atomic E-state index is -3.33. The second-order valence-electron chi connectivity index (χ2n) is 4.07. The van der Waals surface area contributed by atoms with Gasteiger partial charge in [-0.1, -0.05) is 22.0 Å². The predicted octanol–water partition coefficient (Wildman–Crippen LogP) is 2.46. The van der Waals surface area contributed by atoms with Gasteiger partial charge in [0.2, 0.25) is 0 Å². The molecule has 3 nitrogen and oxygen atoms in total. The molecule has 0 N–H and O–H groups in total. The molecule has 1 atom stereocenters. The molecule has 0 saturated heterocycles. The maximum absolute atomic E-state index is 10.9. The molecular weight excluding hydrogens is 292 g/mol. The first kappa shape index (κ1) is 12.1. The quantitative estimate of drug-likeness (QED) is 0.806. The van der Waals surface area contributed by atoms with Crippen molar-refractivity contribution in [2.45, 2.75) is 18.8 Å². The maximum atomic E-state index is 10.9. The van der Waals surface area contributed by atoms with Crippen LogP contribution in [0.5, 0.6) is 0 Å². The highest BCUT2D eigenvalue weighted by atomic mass is 79.9. The van der Waals surface area contributed by atoms with Crippen LogP contribution in [0.25, 0.3) is 0 Å². The van der Waals surface area contributed by atoms with Crippen molar-refractivity contribution in [3.05, 3.63) is 33.8 Å². The van der Waals surface area contributed by atoms with Gasteiger partial charge in [-0.25, -0.2) is 0 Å². The van der Waals surface area contributed by atoms with E-state index >= 15 is 0 Å². The van der Waals surface area contributed by atoms with E-state index < -0.39 is 10.1 Å². The van der Waals surface area contributed by atoms with Crippen molar-refractivity contribution in [2.24, 2.45) is 0 Å². The number of hydrogen-bond acceptors (Lipinski definition) is 3. The molecule has 0 aliphatic heterocycles. The van der Waals surface area contributed by atoms with Crippen LogP contribution in [0.4, 0.5) is 0 Å². The molecule has 1 aromatic carbocycles. The second-order valence-corrected chi connectivity index (χ2v) is 6.63. The van der Waals surface area contributed by atoms with Gasteiger partial charge in [-0.05, 0) is 36.1 Å². The molecule has 1 aromatic rings. The Balaban J connectivity index is 2.12. The van der Waals surface area contributed by atoms with Gasteiger partial charge in [0.25, 0.3) is 10.1 Å². The Morgan fingerprint density at radius 1 is 1.50 bits per heavy atom. The molecule has 1 aliphatic rings. The SMILES string of the molecule is CS(=O)(=O)OC[C@H]1CCc2cc(Br)ccc21. The van der Waals surface area contributed by atoms with E-state index in [1.54, 1.807) is 0 Å². The Bertz CT molecular complexity index is 496. The summed E-state index contributed by atoms with van der Waals surface area (Å²) in [5.41, 5.74) is 2.50. The summed E-state index contributed by atoms with van der Waals surface area (Å²) < 4.78 is 27.8. The van der Waals surface area contributed by atoms with E-state index in [1.807, 2.05) is 12.1 Å². The fraction of sp³-hybridized carbons (Fsp3) is 0.455. The summed E-state index contributed by atoms with van der Waals surface area (Å²) in [6.45, 7) is 0.257. The summed E-state index contributed by atoms with van der Waals surface area (Å²) in [7, 11) is -3.33. The molecule has 88 valence electrons. The zero-order valence-electron chi connectivity index (χ0n) is 8.94. The lowest BCUT2D eigenvalue weighted by molar-refractivity contribution is 0.294. The molecule has 0 unspecified atom stereocenters. The molecule has 0 spiro atoms. The lowest BCUT2D eigenvalue weighted by atomic mass is 10.0. The van der Waals surface area contributed by atoms with E-state index in [4.69, 9.17) is 4.18 Å². The normalized spacial score (nSPS) is 19.8. The summed E-state index contributed by atoms with van der Waals surface area (Å²) >= 11 is 3.43. The summed E-state index contributed by atoms with van der Waals surface area (Å²) in [4.78, 5) is 0. The van der Waals surface area contributed by atoms with Crippen LogP contribution in [0.1, 0.15) is 23.5 Å². The molecule has 0 saturated carbocycles. The molecule has 0 aromatic heterocycles. The Kier molecular flexibility index (Phi) is 3.37. The molecule has 0 radical (unpaired) electrons. The van der Waals surface area contributed by atoms with Gasteiger partial charge < -0.3 is 0 Å². The van der Waals surface area contributed by atoms with E-state index in [0.717, 1.165) is 23.6 Å². The van der Waals surface area contributed by atoms with Gasteiger partial charge in [-0.3, -0.25) is 4.18 Å². The number of fused-ring (bicyclic) bond motifs is 1. The van der Waals surface area contributed by atoms with Gasteiger partial charge in [-0.15, -0.1) is 0 Å². The fourth-order valence-corrected chi connectivity index (χ4v) is 2.87. The standard InChI is InChI=1S/C11H13BrO3S/c1-16(13,14)15-7-9-3-2-8-6-10(12)4-5-11(8)9/h4-6,9H,2-3,7H2,1H3/t9-/m1/s1. The summed E-state index contributed by atoms with van der Waals surface area (Å²) in [5, 5.41) is 0. The van der Waals surface area contributed by atoms with Crippen molar-refractivity contribution < 1.29 is 12.6 Å². The summed E-state index contributed by atoms with van der Waals surface area (Å²) in [5.74, 6) is 0.206. The summed E-state index contributed by atoms with van der Waals surface area (Å²) in [6, 6.07) is 6.12. The number of aryl methyl sites for hydroxylation is 1. The van der Waals surface area contributed by atoms with Crippen LogP contribution < -0.4 is 0 Å². The van der Waals surface area contributed by atoms with Gasteiger partial charge >= 0.3 is 0 Å². The number of hydrogen-bond donors (Lipinski definition) is 0. The van der Waals surface area contributed by atoms with Gasteiger partial charge in [0.15, 0.2) is 0 Å². The zero-order valence-corrected chi connectivity index (χ0v) is 11.3. The molecule has 0 amide bonds. The molecule has 0 heterocycles. The third-order valence-electron chi connectivity index (χ3n) is 2.79. The van der Waals surface area contributed by atoms with Crippen molar-refractivity contribution in [3.8, 4) is 0 Å². The highest BCUT2D eigenvalue weighted by molar-refractivity contribution is 9.10. The van der Waals surface area contributed by atoms with E-state index in [9.17, 15) is 8.42 Å². The Morgan fingerprint density at radius 3 is 2.94 bits per heavy atom. The first-order chi connectivity index (χ1) is 7.46. The number of rotatable bonds is 3. The smallest absolute Gasteiger partial charge is 0.264 e. The molecule has 0 bridgehead atoms. The van der Waals surface area contributed by atoms with E-state index in [1.165, 1.54) is 11.1 Å². The number of benzene rings is 1. The fourth-order valence-electron chi connectivity index (χ4n) is 2.05. The van der Waals surface area contributed by atoms with Crippen LogP contribution in [0.3, 0.4) is 0 Å². The largest absolute Gasteiger partial charge is 0.270 e.